The van der Waals surface area contributed by atoms with Crippen molar-refractivity contribution in [1.29, 1.82) is 0 Å². The van der Waals surface area contributed by atoms with E-state index in [-0.39, 0.29) is 18.0 Å². The van der Waals surface area contributed by atoms with Gasteiger partial charge in [-0.1, -0.05) is 12.1 Å². The van der Waals surface area contributed by atoms with Gasteiger partial charge in [-0.15, -0.1) is 0 Å². The van der Waals surface area contributed by atoms with Crippen LogP contribution in [0.2, 0.25) is 0 Å². The van der Waals surface area contributed by atoms with Gasteiger partial charge >= 0.3 is 0 Å². The zero-order chi connectivity index (χ0) is 18.4. The third-order valence-corrected chi connectivity index (χ3v) is 3.88. The average molecular weight is 346 g/mol. The summed E-state index contributed by atoms with van der Waals surface area (Å²) in [6.45, 7) is 0. The van der Waals surface area contributed by atoms with E-state index in [1.807, 2.05) is 0 Å². The van der Waals surface area contributed by atoms with Crippen LogP contribution >= 0.6 is 0 Å². The first-order valence-corrected chi connectivity index (χ1v) is 7.69. The van der Waals surface area contributed by atoms with Crippen LogP contribution in [0.15, 0.2) is 36.4 Å². The Hall–Kier alpha value is -2.73. The largest absolute Gasteiger partial charge is 0.497 e. The highest BCUT2D eigenvalue weighted by atomic mass is 16.5. The van der Waals surface area contributed by atoms with E-state index >= 15 is 0 Å². The van der Waals surface area contributed by atoms with Crippen LogP contribution in [-0.2, 0) is 0 Å². The fraction of sp³-hybridized carbons (Fsp3) is 0.316. The van der Waals surface area contributed by atoms with Gasteiger partial charge in [-0.2, -0.15) is 0 Å². The first-order valence-electron chi connectivity index (χ1n) is 7.69. The highest BCUT2D eigenvalue weighted by molar-refractivity contribution is 6.00. The molecule has 1 atom stereocenters. The molecule has 0 amide bonds. The number of ether oxygens (including phenoxy) is 4. The molecule has 0 aliphatic carbocycles. The van der Waals surface area contributed by atoms with Gasteiger partial charge in [0.05, 0.1) is 40.1 Å². The number of rotatable bonds is 8. The third-order valence-electron chi connectivity index (χ3n) is 3.88. The first kappa shape index (κ1) is 18.6. The SMILES string of the molecule is COc1ccc(C(O)CC(=O)c2ccc(OC)c(OC)c2OC)cc1. The minimum atomic E-state index is -0.934. The van der Waals surface area contributed by atoms with Gasteiger partial charge in [0, 0.05) is 6.42 Å². The highest BCUT2D eigenvalue weighted by Gasteiger charge is 2.23. The van der Waals surface area contributed by atoms with Gasteiger partial charge < -0.3 is 24.1 Å². The van der Waals surface area contributed by atoms with Crippen molar-refractivity contribution < 1.29 is 28.8 Å². The molecule has 0 aliphatic heterocycles. The van der Waals surface area contributed by atoms with Crippen molar-refractivity contribution in [1.82, 2.24) is 0 Å². The van der Waals surface area contributed by atoms with Gasteiger partial charge in [-0.3, -0.25) is 4.79 Å². The summed E-state index contributed by atoms with van der Waals surface area (Å²) in [4.78, 5) is 12.6. The number of methoxy groups -OCH3 is 4. The van der Waals surface area contributed by atoms with Gasteiger partial charge in [-0.05, 0) is 29.8 Å². The second-order valence-corrected chi connectivity index (χ2v) is 5.30. The van der Waals surface area contributed by atoms with Gasteiger partial charge in [0.2, 0.25) is 5.75 Å². The lowest BCUT2D eigenvalue weighted by Gasteiger charge is -2.16. The maximum atomic E-state index is 12.6. The molecule has 0 fully saturated rings. The van der Waals surface area contributed by atoms with Crippen LogP contribution in [0.4, 0.5) is 0 Å². The fourth-order valence-electron chi connectivity index (χ4n) is 2.55. The van der Waals surface area contributed by atoms with Crippen LogP contribution in [0.1, 0.15) is 28.4 Å². The van der Waals surface area contributed by atoms with Gasteiger partial charge in [0.25, 0.3) is 0 Å². The summed E-state index contributed by atoms with van der Waals surface area (Å²) in [7, 11) is 6.00. The Labute approximate surface area is 146 Å². The van der Waals surface area contributed by atoms with E-state index in [1.165, 1.54) is 21.3 Å². The molecule has 0 saturated heterocycles. The van der Waals surface area contributed by atoms with Gasteiger partial charge in [0.1, 0.15) is 5.75 Å². The second kappa shape index (κ2) is 8.39. The molecule has 0 aromatic heterocycles. The molecule has 25 heavy (non-hydrogen) atoms. The van der Waals surface area contributed by atoms with Crippen molar-refractivity contribution in [2.75, 3.05) is 28.4 Å². The maximum absolute atomic E-state index is 12.6. The van der Waals surface area contributed by atoms with Crippen molar-refractivity contribution >= 4 is 5.78 Å². The molecular weight excluding hydrogens is 324 g/mol. The molecule has 6 nitrogen and oxygen atoms in total. The lowest BCUT2D eigenvalue weighted by atomic mass is 9.99. The number of aliphatic hydroxyl groups is 1. The number of Topliss-reactive ketones (excluding diaryl/α,β-unsaturated/α-hetero) is 1. The standard InChI is InChI=1S/C19H22O6/c1-22-13-7-5-12(6-8-13)15(20)11-16(21)14-9-10-17(23-2)19(25-4)18(14)24-3/h5-10,15,20H,11H2,1-4H3. The molecule has 134 valence electrons. The van der Waals surface area contributed by atoms with Crippen molar-refractivity contribution in [3.63, 3.8) is 0 Å². The Morgan fingerprint density at radius 3 is 2.04 bits per heavy atom. The van der Waals surface area contributed by atoms with Crippen molar-refractivity contribution in [2.24, 2.45) is 0 Å². The Balaban J connectivity index is 2.24. The molecular formula is C19H22O6. The Kier molecular flexibility index (Phi) is 6.25. The molecule has 2 aromatic rings. The average Bonchev–Trinajstić information content (AvgIpc) is 2.66. The normalized spacial score (nSPS) is 11.6. The van der Waals surface area contributed by atoms with Crippen molar-refractivity contribution in [3.8, 4) is 23.0 Å². The minimum absolute atomic E-state index is 0.0851. The predicted octanol–water partition coefficient (Wildman–Crippen LogP) is 3.03. The summed E-state index contributed by atoms with van der Waals surface area (Å²) in [6, 6.07) is 10.2. The fourth-order valence-corrected chi connectivity index (χ4v) is 2.55. The van der Waals surface area contributed by atoms with Crippen LogP contribution in [0.25, 0.3) is 0 Å². The highest BCUT2D eigenvalue weighted by Crippen LogP contribution is 2.40. The number of carbonyl (C=O) groups excluding carboxylic acids is 1. The third kappa shape index (κ3) is 4.03. The minimum Gasteiger partial charge on any atom is -0.497 e. The molecule has 6 heteroatoms. The van der Waals surface area contributed by atoms with E-state index in [9.17, 15) is 9.90 Å². The number of hydrogen-bond acceptors (Lipinski definition) is 6. The Morgan fingerprint density at radius 2 is 1.52 bits per heavy atom. The molecule has 1 unspecified atom stereocenters. The molecule has 0 bridgehead atoms. The topological polar surface area (TPSA) is 74.2 Å². The number of benzene rings is 2. The van der Waals surface area contributed by atoms with Crippen molar-refractivity contribution in [3.05, 3.63) is 47.5 Å². The maximum Gasteiger partial charge on any atom is 0.204 e. The van der Waals surface area contributed by atoms with E-state index < -0.39 is 6.10 Å². The van der Waals surface area contributed by atoms with Gasteiger partial charge in [0.15, 0.2) is 17.3 Å². The van der Waals surface area contributed by atoms with E-state index in [0.29, 0.717) is 28.4 Å². The van der Waals surface area contributed by atoms with Gasteiger partial charge in [-0.25, -0.2) is 0 Å². The quantitative estimate of drug-likeness (QED) is 0.741. The van der Waals surface area contributed by atoms with E-state index in [4.69, 9.17) is 18.9 Å². The first-order chi connectivity index (χ1) is 12.0. The summed E-state index contributed by atoms with van der Waals surface area (Å²) in [5.74, 6) is 1.51. The number of hydrogen-bond donors (Lipinski definition) is 1. The Morgan fingerprint density at radius 1 is 0.880 bits per heavy atom. The van der Waals surface area contributed by atoms with Crippen LogP contribution < -0.4 is 18.9 Å². The van der Waals surface area contributed by atoms with Crippen LogP contribution in [0.5, 0.6) is 23.0 Å². The van der Waals surface area contributed by atoms with Crippen LogP contribution in [0.3, 0.4) is 0 Å². The Bertz CT molecular complexity index is 723. The number of carbonyl (C=O) groups is 1. The van der Waals surface area contributed by atoms with E-state index in [1.54, 1.807) is 43.5 Å². The lowest BCUT2D eigenvalue weighted by molar-refractivity contribution is 0.0876. The van der Waals surface area contributed by atoms with E-state index in [2.05, 4.69) is 0 Å². The molecule has 0 aliphatic rings. The number of ketones is 1. The molecule has 0 radical (unpaired) electrons. The summed E-state index contributed by atoms with van der Waals surface area (Å²) < 4.78 is 20.9. The lowest BCUT2D eigenvalue weighted by Crippen LogP contribution is -2.09. The summed E-state index contributed by atoms with van der Waals surface area (Å²) in [5.41, 5.74) is 0.960. The molecule has 0 saturated carbocycles. The molecule has 0 heterocycles. The monoisotopic (exact) mass is 346 g/mol. The van der Waals surface area contributed by atoms with Crippen molar-refractivity contribution in [2.45, 2.75) is 12.5 Å². The smallest absolute Gasteiger partial charge is 0.204 e. The summed E-state index contributed by atoms with van der Waals surface area (Å²) in [6.07, 6.45) is -1.02. The molecule has 1 N–H and O–H groups in total. The molecule has 2 rings (SSSR count). The van der Waals surface area contributed by atoms with E-state index in [0.717, 1.165) is 0 Å². The zero-order valence-corrected chi connectivity index (χ0v) is 14.7. The van der Waals surface area contributed by atoms with Crippen LogP contribution in [-0.4, -0.2) is 39.3 Å². The summed E-state index contributed by atoms with van der Waals surface area (Å²) in [5, 5.41) is 10.3. The molecule has 2 aromatic carbocycles. The molecule has 0 spiro atoms. The van der Waals surface area contributed by atoms with Crippen LogP contribution in [0, 0.1) is 0 Å². The number of aliphatic hydroxyl groups excluding tert-OH is 1. The zero-order valence-electron chi connectivity index (χ0n) is 14.7. The summed E-state index contributed by atoms with van der Waals surface area (Å²) >= 11 is 0. The second-order valence-electron chi connectivity index (χ2n) is 5.30. The predicted molar refractivity (Wildman–Crippen MR) is 93.0 cm³/mol.